The molecule has 1 aromatic heterocycles. The lowest BCUT2D eigenvalue weighted by Crippen LogP contribution is -2.16. The average molecular weight is 298 g/mol. The van der Waals surface area contributed by atoms with Gasteiger partial charge in [0, 0.05) is 6.07 Å². The third kappa shape index (κ3) is 3.23. The maximum absolute atomic E-state index is 13.7. The van der Waals surface area contributed by atoms with Crippen LogP contribution < -0.4 is 21.5 Å². The van der Waals surface area contributed by atoms with Crippen molar-refractivity contribution in [3.63, 3.8) is 0 Å². The number of nitrogens with zero attached hydrogens (tertiary/aromatic N) is 2. The summed E-state index contributed by atoms with van der Waals surface area (Å²) in [7, 11) is 0. The van der Waals surface area contributed by atoms with Gasteiger partial charge in [-0.3, -0.25) is 0 Å². The molecule has 0 saturated carbocycles. The summed E-state index contributed by atoms with van der Waals surface area (Å²) in [6, 6.07) is 3.58. The SMILES string of the molecule is NC(=O)Oc1ccc(F)c(Nc2nc(Cl)ncc2N)c1. The molecule has 20 heavy (non-hydrogen) atoms. The number of carbonyl (C=O) groups excluding carboxylic acids is 1. The minimum absolute atomic E-state index is 0.00906. The van der Waals surface area contributed by atoms with E-state index in [0.717, 1.165) is 6.07 Å². The molecule has 0 aliphatic heterocycles. The van der Waals surface area contributed by atoms with E-state index in [1.807, 2.05) is 0 Å². The molecule has 0 fully saturated rings. The Morgan fingerprint density at radius 1 is 1.45 bits per heavy atom. The first-order chi connectivity index (χ1) is 9.45. The molecule has 9 heteroatoms. The number of aromatic nitrogens is 2. The van der Waals surface area contributed by atoms with Crippen molar-refractivity contribution < 1.29 is 13.9 Å². The van der Waals surface area contributed by atoms with Crippen molar-refractivity contribution in [2.45, 2.75) is 0 Å². The summed E-state index contributed by atoms with van der Waals surface area (Å²) in [5.74, 6) is -0.406. The largest absolute Gasteiger partial charge is 0.410 e. The van der Waals surface area contributed by atoms with Gasteiger partial charge in [-0.05, 0) is 23.7 Å². The van der Waals surface area contributed by atoms with Gasteiger partial charge in [0.15, 0.2) is 5.82 Å². The van der Waals surface area contributed by atoms with Gasteiger partial charge in [0.25, 0.3) is 0 Å². The number of nitrogen functional groups attached to an aromatic ring is 1. The molecule has 0 aliphatic rings. The number of primary amides is 1. The van der Waals surface area contributed by atoms with E-state index in [0.29, 0.717) is 0 Å². The number of ether oxygens (including phenoxy) is 1. The summed E-state index contributed by atoms with van der Waals surface area (Å²) in [6.45, 7) is 0. The molecule has 0 radical (unpaired) electrons. The Morgan fingerprint density at radius 2 is 2.20 bits per heavy atom. The van der Waals surface area contributed by atoms with Crippen LogP contribution in [0.3, 0.4) is 0 Å². The van der Waals surface area contributed by atoms with Crippen LogP contribution >= 0.6 is 11.6 Å². The predicted molar refractivity (Wildman–Crippen MR) is 71.3 cm³/mol. The quantitative estimate of drug-likeness (QED) is 0.747. The molecular formula is C11H9ClFN5O2. The lowest BCUT2D eigenvalue weighted by Gasteiger charge is -2.10. The highest BCUT2D eigenvalue weighted by atomic mass is 35.5. The molecule has 1 amide bonds. The zero-order valence-corrected chi connectivity index (χ0v) is 10.7. The molecule has 0 saturated heterocycles. The van der Waals surface area contributed by atoms with Crippen LogP contribution in [0.2, 0.25) is 5.28 Å². The van der Waals surface area contributed by atoms with Crippen molar-refractivity contribution in [2.24, 2.45) is 5.73 Å². The van der Waals surface area contributed by atoms with Crippen molar-refractivity contribution in [3.8, 4) is 5.75 Å². The number of halogens is 2. The molecule has 0 aliphatic carbocycles. The number of anilines is 3. The lowest BCUT2D eigenvalue weighted by molar-refractivity contribution is 0.211. The topological polar surface area (TPSA) is 116 Å². The summed E-state index contributed by atoms with van der Waals surface area (Å²) >= 11 is 5.63. The number of amides is 1. The normalized spacial score (nSPS) is 10.1. The van der Waals surface area contributed by atoms with E-state index in [1.165, 1.54) is 18.3 Å². The molecule has 2 aromatic rings. The number of rotatable bonds is 3. The fourth-order valence-electron chi connectivity index (χ4n) is 1.38. The van der Waals surface area contributed by atoms with Crippen molar-refractivity contribution in [1.29, 1.82) is 0 Å². The molecule has 1 heterocycles. The fourth-order valence-corrected chi connectivity index (χ4v) is 1.51. The maximum atomic E-state index is 13.7. The first kappa shape index (κ1) is 13.8. The van der Waals surface area contributed by atoms with E-state index in [9.17, 15) is 9.18 Å². The Hall–Kier alpha value is -2.61. The van der Waals surface area contributed by atoms with Gasteiger partial charge in [-0.2, -0.15) is 4.98 Å². The number of nitrogens with one attached hydrogen (secondary N) is 1. The van der Waals surface area contributed by atoms with Crippen LogP contribution in [-0.4, -0.2) is 16.1 Å². The highest BCUT2D eigenvalue weighted by Crippen LogP contribution is 2.26. The molecule has 104 valence electrons. The molecule has 0 unspecified atom stereocenters. The number of benzene rings is 1. The monoisotopic (exact) mass is 297 g/mol. The molecular weight excluding hydrogens is 289 g/mol. The molecule has 0 spiro atoms. The van der Waals surface area contributed by atoms with Gasteiger partial charge in [0.2, 0.25) is 5.28 Å². The number of carbonyl (C=O) groups is 1. The van der Waals surface area contributed by atoms with Gasteiger partial charge in [0.05, 0.1) is 17.6 Å². The minimum Gasteiger partial charge on any atom is -0.410 e. The minimum atomic E-state index is -1.01. The van der Waals surface area contributed by atoms with Crippen LogP contribution in [0.15, 0.2) is 24.4 Å². The Kier molecular flexibility index (Phi) is 3.85. The van der Waals surface area contributed by atoms with Gasteiger partial charge >= 0.3 is 6.09 Å². The summed E-state index contributed by atoms with van der Waals surface area (Å²) in [4.78, 5) is 18.1. The van der Waals surface area contributed by atoms with Crippen LogP contribution in [0.25, 0.3) is 0 Å². The van der Waals surface area contributed by atoms with Gasteiger partial charge in [-0.15, -0.1) is 0 Å². The Labute approximate surface area is 117 Å². The summed E-state index contributed by atoms with van der Waals surface area (Å²) in [5.41, 5.74) is 10.7. The highest BCUT2D eigenvalue weighted by molar-refractivity contribution is 6.28. The average Bonchev–Trinajstić information content (AvgIpc) is 2.37. The summed E-state index contributed by atoms with van der Waals surface area (Å²) < 4.78 is 18.3. The maximum Gasteiger partial charge on any atom is 0.409 e. The lowest BCUT2D eigenvalue weighted by atomic mass is 10.3. The number of nitrogens with two attached hydrogens (primary N) is 2. The molecule has 1 aromatic carbocycles. The van der Waals surface area contributed by atoms with Crippen molar-refractivity contribution in [2.75, 3.05) is 11.1 Å². The fraction of sp³-hybridized carbons (Fsp3) is 0. The van der Waals surface area contributed by atoms with Gasteiger partial charge < -0.3 is 21.5 Å². The van der Waals surface area contributed by atoms with Crippen molar-refractivity contribution in [3.05, 3.63) is 35.5 Å². The second-order valence-electron chi connectivity index (χ2n) is 3.63. The smallest absolute Gasteiger partial charge is 0.409 e. The second kappa shape index (κ2) is 5.57. The highest BCUT2D eigenvalue weighted by Gasteiger charge is 2.10. The van der Waals surface area contributed by atoms with Gasteiger partial charge in [-0.25, -0.2) is 14.2 Å². The molecule has 0 atom stereocenters. The van der Waals surface area contributed by atoms with Gasteiger partial charge in [-0.1, -0.05) is 0 Å². The molecule has 0 bridgehead atoms. The molecule has 5 N–H and O–H groups in total. The Balaban J connectivity index is 2.32. The molecule has 2 rings (SSSR count). The standard InChI is InChI=1S/C11H9ClFN5O2/c12-10-16-4-7(14)9(18-10)17-8-3-5(20-11(15)19)1-2-6(8)13/h1-4H,14H2,(H2,15,19)(H,16,17,18). The van der Waals surface area contributed by atoms with E-state index >= 15 is 0 Å². The zero-order chi connectivity index (χ0) is 14.7. The van der Waals surface area contributed by atoms with E-state index in [2.05, 4.69) is 20.0 Å². The van der Waals surface area contributed by atoms with Crippen molar-refractivity contribution >= 4 is 34.9 Å². The van der Waals surface area contributed by atoms with Gasteiger partial charge in [0.1, 0.15) is 11.6 Å². The van der Waals surface area contributed by atoms with Crippen LogP contribution in [0, 0.1) is 5.82 Å². The summed E-state index contributed by atoms with van der Waals surface area (Å²) in [6.07, 6.45) is 0.270. The molecule has 7 nitrogen and oxygen atoms in total. The first-order valence-corrected chi connectivity index (χ1v) is 5.65. The second-order valence-corrected chi connectivity index (χ2v) is 3.97. The third-order valence-corrected chi connectivity index (χ3v) is 2.38. The third-order valence-electron chi connectivity index (χ3n) is 2.20. The number of hydrogen-bond acceptors (Lipinski definition) is 6. The predicted octanol–water partition coefficient (Wildman–Crippen LogP) is 2.05. The number of hydrogen-bond donors (Lipinski definition) is 3. The van der Waals surface area contributed by atoms with E-state index in [-0.39, 0.29) is 28.2 Å². The Bertz CT molecular complexity index is 667. The summed E-state index contributed by atoms with van der Waals surface area (Å²) in [5, 5.41) is 2.58. The first-order valence-electron chi connectivity index (χ1n) is 5.27. The van der Waals surface area contributed by atoms with E-state index in [1.54, 1.807) is 0 Å². The van der Waals surface area contributed by atoms with Crippen LogP contribution in [0.4, 0.5) is 26.4 Å². The Morgan fingerprint density at radius 3 is 2.90 bits per heavy atom. The van der Waals surface area contributed by atoms with Crippen LogP contribution in [-0.2, 0) is 0 Å². The van der Waals surface area contributed by atoms with E-state index in [4.69, 9.17) is 23.1 Å². The zero-order valence-electron chi connectivity index (χ0n) is 9.93. The van der Waals surface area contributed by atoms with Crippen LogP contribution in [0.5, 0.6) is 5.75 Å². The van der Waals surface area contributed by atoms with E-state index < -0.39 is 11.9 Å². The van der Waals surface area contributed by atoms with Crippen LogP contribution in [0.1, 0.15) is 0 Å². The van der Waals surface area contributed by atoms with Crippen molar-refractivity contribution in [1.82, 2.24) is 9.97 Å².